The van der Waals surface area contributed by atoms with Crippen molar-refractivity contribution in [2.24, 2.45) is 0 Å². The maximum Gasteiger partial charge on any atom is 0.133 e. The SMILES string of the molecule is CN(c1ccc(F)cc1)c1cc(-c2ccc[nH]2)ccn1. The first-order valence-electron chi connectivity index (χ1n) is 6.33. The first-order valence-corrected chi connectivity index (χ1v) is 6.33. The maximum absolute atomic E-state index is 13.0. The highest BCUT2D eigenvalue weighted by atomic mass is 19.1. The molecule has 0 fully saturated rings. The minimum Gasteiger partial charge on any atom is -0.361 e. The first kappa shape index (κ1) is 12.4. The lowest BCUT2D eigenvalue weighted by Gasteiger charge is -2.18. The van der Waals surface area contributed by atoms with Crippen molar-refractivity contribution >= 4 is 11.5 Å². The van der Waals surface area contributed by atoms with Gasteiger partial charge < -0.3 is 9.88 Å². The summed E-state index contributed by atoms with van der Waals surface area (Å²) in [6.07, 6.45) is 3.66. The number of hydrogen-bond donors (Lipinski definition) is 1. The van der Waals surface area contributed by atoms with E-state index in [0.29, 0.717) is 0 Å². The topological polar surface area (TPSA) is 31.9 Å². The van der Waals surface area contributed by atoms with E-state index in [-0.39, 0.29) is 5.82 Å². The van der Waals surface area contributed by atoms with Gasteiger partial charge in [0.05, 0.1) is 0 Å². The zero-order valence-corrected chi connectivity index (χ0v) is 11.0. The molecule has 1 N–H and O–H groups in total. The van der Waals surface area contributed by atoms with Gasteiger partial charge >= 0.3 is 0 Å². The molecule has 0 atom stereocenters. The van der Waals surface area contributed by atoms with Crippen molar-refractivity contribution < 1.29 is 4.39 Å². The van der Waals surface area contributed by atoms with Crippen LogP contribution in [0.15, 0.2) is 60.9 Å². The van der Waals surface area contributed by atoms with Crippen LogP contribution in [-0.2, 0) is 0 Å². The van der Waals surface area contributed by atoms with Gasteiger partial charge in [0.25, 0.3) is 0 Å². The number of H-pyrrole nitrogens is 1. The van der Waals surface area contributed by atoms with Gasteiger partial charge in [-0.3, -0.25) is 0 Å². The van der Waals surface area contributed by atoms with Gasteiger partial charge in [0.1, 0.15) is 11.6 Å². The Labute approximate surface area is 116 Å². The van der Waals surface area contributed by atoms with Gasteiger partial charge in [-0.05, 0) is 48.5 Å². The van der Waals surface area contributed by atoms with Crippen molar-refractivity contribution in [2.75, 3.05) is 11.9 Å². The second-order valence-electron chi connectivity index (χ2n) is 4.52. The van der Waals surface area contributed by atoms with Crippen LogP contribution in [0.4, 0.5) is 15.9 Å². The van der Waals surface area contributed by atoms with E-state index in [1.807, 2.05) is 42.4 Å². The van der Waals surface area contributed by atoms with Crippen LogP contribution < -0.4 is 4.90 Å². The number of rotatable bonds is 3. The van der Waals surface area contributed by atoms with Gasteiger partial charge in [-0.2, -0.15) is 0 Å². The van der Waals surface area contributed by atoms with Crippen molar-refractivity contribution in [3.63, 3.8) is 0 Å². The number of anilines is 2. The van der Waals surface area contributed by atoms with E-state index in [1.54, 1.807) is 18.3 Å². The van der Waals surface area contributed by atoms with Crippen molar-refractivity contribution in [1.82, 2.24) is 9.97 Å². The van der Waals surface area contributed by atoms with E-state index in [2.05, 4.69) is 9.97 Å². The second kappa shape index (κ2) is 5.17. The molecule has 100 valence electrons. The van der Waals surface area contributed by atoms with Gasteiger partial charge in [-0.15, -0.1) is 0 Å². The lowest BCUT2D eigenvalue weighted by Crippen LogP contribution is -2.11. The van der Waals surface area contributed by atoms with E-state index in [1.165, 1.54) is 12.1 Å². The van der Waals surface area contributed by atoms with Crippen LogP contribution in [0, 0.1) is 5.82 Å². The van der Waals surface area contributed by atoms with Gasteiger partial charge in [0, 0.05) is 36.4 Å². The molecule has 0 unspecified atom stereocenters. The number of hydrogen-bond acceptors (Lipinski definition) is 2. The lowest BCUT2D eigenvalue weighted by atomic mass is 10.2. The molecule has 0 aliphatic heterocycles. The Morgan fingerprint density at radius 3 is 2.60 bits per heavy atom. The highest BCUT2D eigenvalue weighted by Gasteiger charge is 2.07. The Morgan fingerprint density at radius 2 is 1.90 bits per heavy atom. The van der Waals surface area contributed by atoms with Crippen LogP contribution in [0.5, 0.6) is 0 Å². The summed E-state index contributed by atoms with van der Waals surface area (Å²) in [5, 5.41) is 0. The summed E-state index contributed by atoms with van der Waals surface area (Å²) in [5.74, 6) is 0.568. The fourth-order valence-electron chi connectivity index (χ4n) is 2.08. The molecule has 1 aromatic carbocycles. The number of benzene rings is 1. The third-order valence-corrected chi connectivity index (χ3v) is 3.21. The zero-order valence-electron chi connectivity index (χ0n) is 11.0. The molecule has 4 heteroatoms. The molecule has 0 spiro atoms. The molecular formula is C16H14FN3. The standard InChI is InChI=1S/C16H14FN3/c1-20(14-6-4-13(17)5-7-14)16-11-12(8-10-19-16)15-3-2-9-18-15/h2-11,18H,1H3. The zero-order chi connectivity index (χ0) is 13.9. The molecule has 0 saturated heterocycles. The van der Waals surface area contributed by atoms with Crippen molar-refractivity contribution in [3.8, 4) is 11.3 Å². The first-order chi connectivity index (χ1) is 9.74. The molecule has 0 saturated carbocycles. The molecule has 0 aliphatic carbocycles. The smallest absolute Gasteiger partial charge is 0.133 e. The fourth-order valence-corrected chi connectivity index (χ4v) is 2.08. The number of halogens is 1. The summed E-state index contributed by atoms with van der Waals surface area (Å²) in [7, 11) is 1.91. The number of aromatic amines is 1. The lowest BCUT2D eigenvalue weighted by molar-refractivity contribution is 0.628. The monoisotopic (exact) mass is 267 g/mol. The Morgan fingerprint density at radius 1 is 1.10 bits per heavy atom. The molecule has 2 heterocycles. The van der Waals surface area contributed by atoms with Crippen LogP contribution in [0.25, 0.3) is 11.3 Å². The third kappa shape index (κ3) is 2.40. The number of pyridine rings is 1. The molecule has 3 aromatic rings. The van der Waals surface area contributed by atoms with Gasteiger partial charge in [-0.25, -0.2) is 9.37 Å². The summed E-state index contributed by atoms with van der Waals surface area (Å²) in [6.45, 7) is 0. The molecule has 3 rings (SSSR count). The highest BCUT2D eigenvalue weighted by Crippen LogP contribution is 2.25. The summed E-state index contributed by atoms with van der Waals surface area (Å²) in [6, 6.07) is 14.3. The third-order valence-electron chi connectivity index (χ3n) is 3.21. The Bertz CT molecular complexity index is 690. The van der Waals surface area contributed by atoms with Crippen molar-refractivity contribution in [3.05, 3.63) is 66.7 Å². The minimum absolute atomic E-state index is 0.241. The molecule has 20 heavy (non-hydrogen) atoms. The maximum atomic E-state index is 13.0. The number of nitrogens with zero attached hydrogens (tertiary/aromatic N) is 2. The largest absolute Gasteiger partial charge is 0.361 e. The van der Waals surface area contributed by atoms with E-state index < -0.39 is 0 Å². The Hall–Kier alpha value is -2.62. The average molecular weight is 267 g/mol. The molecule has 3 nitrogen and oxygen atoms in total. The summed E-state index contributed by atoms with van der Waals surface area (Å²) >= 11 is 0. The van der Waals surface area contributed by atoms with Crippen LogP contribution >= 0.6 is 0 Å². The molecule has 2 aromatic heterocycles. The van der Waals surface area contributed by atoms with Gasteiger partial charge in [0.15, 0.2) is 0 Å². The van der Waals surface area contributed by atoms with Gasteiger partial charge in [-0.1, -0.05) is 0 Å². The summed E-state index contributed by atoms with van der Waals surface area (Å²) in [4.78, 5) is 9.46. The Balaban J connectivity index is 1.94. The quantitative estimate of drug-likeness (QED) is 0.778. The molecular weight excluding hydrogens is 253 g/mol. The molecule has 0 bridgehead atoms. The predicted octanol–water partition coefficient (Wildman–Crippen LogP) is 3.98. The average Bonchev–Trinajstić information content (AvgIpc) is 3.02. The van der Waals surface area contributed by atoms with Crippen molar-refractivity contribution in [2.45, 2.75) is 0 Å². The molecule has 0 amide bonds. The molecule has 0 aliphatic rings. The van der Waals surface area contributed by atoms with E-state index in [9.17, 15) is 4.39 Å². The number of nitrogens with one attached hydrogen (secondary N) is 1. The number of aromatic nitrogens is 2. The van der Waals surface area contributed by atoms with E-state index >= 15 is 0 Å². The fraction of sp³-hybridized carbons (Fsp3) is 0.0625. The normalized spacial score (nSPS) is 10.5. The highest BCUT2D eigenvalue weighted by molar-refractivity contribution is 5.67. The minimum atomic E-state index is -0.241. The van der Waals surface area contributed by atoms with Gasteiger partial charge in [0.2, 0.25) is 0 Å². The second-order valence-corrected chi connectivity index (χ2v) is 4.52. The van der Waals surface area contributed by atoms with Crippen LogP contribution in [-0.4, -0.2) is 17.0 Å². The Kier molecular flexibility index (Phi) is 3.21. The van der Waals surface area contributed by atoms with Crippen LogP contribution in [0.2, 0.25) is 0 Å². The molecule has 0 radical (unpaired) electrons. The predicted molar refractivity (Wildman–Crippen MR) is 78.5 cm³/mol. The summed E-state index contributed by atoms with van der Waals surface area (Å²) in [5.41, 5.74) is 3.00. The van der Waals surface area contributed by atoms with Crippen LogP contribution in [0.1, 0.15) is 0 Å². The van der Waals surface area contributed by atoms with Crippen molar-refractivity contribution in [1.29, 1.82) is 0 Å². The van der Waals surface area contributed by atoms with Crippen LogP contribution in [0.3, 0.4) is 0 Å². The van der Waals surface area contributed by atoms with E-state index in [4.69, 9.17) is 0 Å². The summed E-state index contributed by atoms with van der Waals surface area (Å²) < 4.78 is 13.0. The van der Waals surface area contributed by atoms with E-state index in [0.717, 1.165) is 22.8 Å².